The van der Waals surface area contributed by atoms with E-state index in [4.69, 9.17) is 23.2 Å². The number of hydrogen-bond donors (Lipinski definition) is 0. The van der Waals surface area contributed by atoms with Gasteiger partial charge in [0.1, 0.15) is 0 Å². The molecular formula is C10H11Cl2NO2. The molecule has 0 heterocycles. The number of nitrogens with zero attached hydrogens (tertiary/aromatic N) is 1. The number of hydrogen-bond acceptors (Lipinski definition) is 2. The van der Waals surface area contributed by atoms with Gasteiger partial charge in [0.25, 0.3) is 5.69 Å². The SMILES string of the molecule is O=[N+]([O-])c1cccc(CCl)c1CCCCl. The maximum atomic E-state index is 10.8. The van der Waals surface area contributed by atoms with E-state index in [-0.39, 0.29) is 10.6 Å². The number of alkyl halides is 2. The first-order valence-corrected chi connectivity index (χ1v) is 5.64. The molecule has 0 aliphatic carbocycles. The van der Waals surface area contributed by atoms with E-state index in [1.165, 1.54) is 6.07 Å². The number of nitro groups is 1. The van der Waals surface area contributed by atoms with Crippen molar-refractivity contribution in [3.8, 4) is 0 Å². The lowest BCUT2D eigenvalue weighted by Crippen LogP contribution is -2.00. The Labute approximate surface area is 98.2 Å². The predicted octanol–water partition coefficient (Wildman–Crippen LogP) is 3.51. The van der Waals surface area contributed by atoms with Gasteiger partial charge in [0.2, 0.25) is 0 Å². The van der Waals surface area contributed by atoms with Gasteiger partial charge in [-0.05, 0) is 18.4 Å². The van der Waals surface area contributed by atoms with Gasteiger partial charge in [0.15, 0.2) is 0 Å². The largest absolute Gasteiger partial charge is 0.272 e. The number of benzene rings is 1. The standard InChI is InChI=1S/C10H11Cl2NO2/c11-6-2-4-9-8(7-12)3-1-5-10(9)13(14)15/h1,3,5H,2,4,6-7H2. The third kappa shape index (κ3) is 3.08. The summed E-state index contributed by atoms with van der Waals surface area (Å²) in [6.45, 7) is 0. The van der Waals surface area contributed by atoms with Gasteiger partial charge in [-0.1, -0.05) is 12.1 Å². The molecule has 3 nitrogen and oxygen atoms in total. The summed E-state index contributed by atoms with van der Waals surface area (Å²) in [4.78, 5) is 10.4. The third-order valence-corrected chi connectivity index (χ3v) is 2.70. The van der Waals surface area contributed by atoms with Crippen molar-refractivity contribution >= 4 is 28.9 Å². The molecule has 82 valence electrons. The Morgan fingerprint density at radius 1 is 1.33 bits per heavy atom. The van der Waals surface area contributed by atoms with Gasteiger partial charge in [-0.2, -0.15) is 0 Å². The van der Waals surface area contributed by atoms with Crippen molar-refractivity contribution in [1.82, 2.24) is 0 Å². The Morgan fingerprint density at radius 2 is 2.07 bits per heavy atom. The average molecular weight is 248 g/mol. The van der Waals surface area contributed by atoms with Crippen molar-refractivity contribution in [1.29, 1.82) is 0 Å². The van der Waals surface area contributed by atoms with E-state index in [0.717, 1.165) is 12.0 Å². The summed E-state index contributed by atoms with van der Waals surface area (Å²) in [5.41, 5.74) is 1.66. The topological polar surface area (TPSA) is 43.1 Å². The van der Waals surface area contributed by atoms with E-state index in [0.29, 0.717) is 23.7 Å². The molecule has 0 aliphatic heterocycles. The first-order valence-electron chi connectivity index (χ1n) is 4.57. The van der Waals surface area contributed by atoms with E-state index in [9.17, 15) is 10.1 Å². The van der Waals surface area contributed by atoms with Crippen LogP contribution in [0, 0.1) is 10.1 Å². The molecule has 0 amide bonds. The fourth-order valence-corrected chi connectivity index (χ4v) is 1.83. The molecule has 0 radical (unpaired) electrons. The Bertz CT molecular complexity index is 355. The van der Waals surface area contributed by atoms with Gasteiger partial charge < -0.3 is 0 Å². The third-order valence-electron chi connectivity index (χ3n) is 2.15. The summed E-state index contributed by atoms with van der Waals surface area (Å²) in [6.07, 6.45) is 1.32. The summed E-state index contributed by atoms with van der Waals surface area (Å²) < 4.78 is 0. The van der Waals surface area contributed by atoms with E-state index < -0.39 is 0 Å². The zero-order valence-electron chi connectivity index (χ0n) is 8.08. The van der Waals surface area contributed by atoms with Crippen molar-refractivity contribution in [2.45, 2.75) is 18.7 Å². The van der Waals surface area contributed by atoms with Crippen molar-refractivity contribution in [2.24, 2.45) is 0 Å². The van der Waals surface area contributed by atoms with E-state index in [2.05, 4.69) is 0 Å². The van der Waals surface area contributed by atoms with Crippen molar-refractivity contribution in [3.63, 3.8) is 0 Å². The smallest absolute Gasteiger partial charge is 0.258 e. The molecule has 0 fully saturated rings. The van der Waals surface area contributed by atoms with Crippen molar-refractivity contribution < 1.29 is 4.92 Å². The lowest BCUT2D eigenvalue weighted by molar-refractivity contribution is -0.385. The predicted molar refractivity (Wildman–Crippen MR) is 61.7 cm³/mol. The molecular weight excluding hydrogens is 237 g/mol. The molecule has 0 aromatic heterocycles. The second kappa shape index (κ2) is 5.93. The molecule has 5 heteroatoms. The van der Waals surface area contributed by atoms with Gasteiger partial charge in [-0.25, -0.2) is 0 Å². The van der Waals surface area contributed by atoms with Crippen LogP contribution in [0.25, 0.3) is 0 Å². The fraction of sp³-hybridized carbons (Fsp3) is 0.400. The summed E-state index contributed by atoms with van der Waals surface area (Å²) in [5.74, 6) is 0.785. The second-order valence-electron chi connectivity index (χ2n) is 3.10. The molecule has 0 bridgehead atoms. The average Bonchev–Trinajstić information content (AvgIpc) is 2.25. The van der Waals surface area contributed by atoms with Crippen LogP contribution in [0.4, 0.5) is 5.69 Å². The van der Waals surface area contributed by atoms with Gasteiger partial charge in [0, 0.05) is 23.4 Å². The quantitative estimate of drug-likeness (QED) is 0.454. The molecule has 15 heavy (non-hydrogen) atoms. The molecule has 0 aliphatic rings. The van der Waals surface area contributed by atoms with Crippen LogP contribution < -0.4 is 0 Å². The molecule has 0 saturated heterocycles. The minimum atomic E-state index is -0.375. The molecule has 1 aromatic rings. The van der Waals surface area contributed by atoms with Crippen LogP contribution in [0.3, 0.4) is 0 Å². The van der Waals surface area contributed by atoms with Gasteiger partial charge in [0.05, 0.1) is 4.92 Å². The zero-order valence-corrected chi connectivity index (χ0v) is 9.59. The first-order chi connectivity index (χ1) is 7.20. The normalized spacial score (nSPS) is 10.3. The lowest BCUT2D eigenvalue weighted by Gasteiger charge is -2.06. The highest BCUT2D eigenvalue weighted by molar-refractivity contribution is 6.18. The molecule has 0 N–H and O–H groups in total. The van der Waals surface area contributed by atoms with E-state index >= 15 is 0 Å². The minimum absolute atomic E-state index is 0.137. The van der Waals surface area contributed by atoms with Crippen LogP contribution in [-0.2, 0) is 12.3 Å². The van der Waals surface area contributed by atoms with Gasteiger partial charge in [-0.3, -0.25) is 10.1 Å². The highest BCUT2D eigenvalue weighted by Gasteiger charge is 2.15. The monoisotopic (exact) mass is 247 g/mol. The van der Waals surface area contributed by atoms with Gasteiger partial charge >= 0.3 is 0 Å². The number of rotatable bonds is 5. The van der Waals surface area contributed by atoms with Crippen molar-refractivity contribution in [2.75, 3.05) is 5.88 Å². The molecule has 0 atom stereocenters. The highest BCUT2D eigenvalue weighted by atomic mass is 35.5. The zero-order chi connectivity index (χ0) is 11.3. The molecule has 1 rings (SSSR count). The Morgan fingerprint density at radius 3 is 2.60 bits per heavy atom. The Hall–Kier alpha value is -0.800. The summed E-state index contributed by atoms with van der Waals surface area (Å²) in [7, 11) is 0. The van der Waals surface area contributed by atoms with E-state index in [1.807, 2.05) is 6.07 Å². The minimum Gasteiger partial charge on any atom is -0.258 e. The molecule has 0 unspecified atom stereocenters. The van der Waals surface area contributed by atoms with Crippen LogP contribution in [0.15, 0.2) is 18.2 Å². The number of nitro benzene ring substituents is 1. The molecule has 0 saturated carbocycles. The first kappa shape index (κ1) is 12.3. The number of halogens is 2. The molecule has 0 spiro atoms. The van der Waals surface area contributed by atoms with Crippen LogP contribution in [0.5, 0.6) is 0 Å². The Balaban J connectivity index is 3.08. The summed E-state index contributed by atoms with van der Waals surface area (Å²) in [6, 6.07) is 4.96. The van der Waals surface area contributed by atoms with E-state index in [1.54, 1.807) is 6.07 Å². The molecule has 1 aromatic carbocycles. The highest BCUT2D eigenvalue weighted by Crippen LogP contribution is 2.25. The second-order valence-corrected chi connectivity index (χ2v) is 3.74. The maximum absolute atomic E-state index is 10.8. The van der Waals surface area contributed by atoms with Gasteiger partial charge in [-0.15, -0.1) is 23.2 Å². The summed E-state index contributed by atoms with van der Waals surface area (Å²) >= 11 is 11.3. The fourth-order valence-electron chi connectivity index (χ4n) is 1.45. The van der Waals surface area contributed by atoms with Crippen LogP contribution in [-0.4, -0.2) is 10.8 Å². The van der Waals surface area contributed by atoms with Crippen molar-refractivity contribution in [3.05, 3.63) is 39.4 Å². The van der Waals surface area contributed by atoms with Crippen LogP contribution >= 0.6 is 23.2 Å². The lowest BCUT2D eigenvalue weighted by atomic mass is 10.0. The van der Waals surface area contributed by atoms with Crippen LogP contribution in [0.2, 0.25) is 0 Å². The maximum Gasteiger partial charge on any atom is 0.272 e. The van der Waals surface area contributed by atoms with Crippen LogP contribution in [0.1, 0.15) is 17.5 Å². The summed E-state index contributed by atoms with van der Waals surface area (Å²) in [5, 5.41) is 10.8. The Kier molecular flexibility index (Phi) is 4.85.